The zero-order chi connectivity index (χ0) is 18.0. The van der Waals surface area contributed by atoms with Crippen molar-refractivity contribution in [3.05, 3.63) is 34.1 Å². The molecule has 2 aliphatic rings. The Balaban J connectivity index is 2.36. The number of aliphatic hydroxyl groups is 3. The molecule has 0 aliphatic heterocycles. The van der Waals surface area contributed by atoms with Crippen molar-refractivity contribution >= 4 is 11.6 Å². The molecule has 2 aliphatic carbocycles. The number of ether oxygens (including phenoxy) is 1. The number of aromatic hydroxyl groups is 2. The first-order valence-corrected chi connectivity index (χ1v) is 7.15. The average Bonchev–Trinajstić information content (AvgIpc) is 2.51. The molecule has 1 aromatic rings. The Kier molecular flexibility index (Phi) is 3.45. The molecule has 0 bridgehead atoms. The van der Waals surface area contributed by atoms with Gasteiger partial charge in [0.2, 0.25) is 5.78 Å². The van der Waals surface area contributed by atoms with Crippen molar-refractivity contribution in [2.45, 2.75) is 31.2 Å². The predicted octanol–water partition coefficient (Wildman–Crippen LogP) is -0.291. The van der Waals surface area contributed by atoms with Gasteiger partial charge in [-0.1, -0.05) is 0 Å². The Bertz CT molecular complexity index is 805. The van der Waals surface area contributed by atoms with E-state index in [9.17, 15) is 35.1 Å². The number of hydrogen-bond acceptors (Lipinski definition) is 8. The summed E-state index contributed by atoms with van der Waals surface area (Å²) >= 11 is 0. The Labute approximate surface area is 136 Å². The molecule has 1 aromatic carbocycles. The second kappa shape index (κ2) is 5.04. The minimum atomic E-state index is -1.80. The van der Waals surface area contributed by atoms with E-state index in [4.69, 9.17) is 4.74 Å². The van der Waals surface area contributed by atoms with Crippen LogP contribution in [-0.4, -0.2) is 55.9 Å². The van der Waals surface area contributed by atoms with Crippen LogP contribution in [0.5, 0.6) is 11.5 Å². The summed E-state index contributed by atoms with van der Waals surface area (Å²) in [7, 11) is 1.18. The highest BCUT2D eigenvalue weighted by molar-refractivity contribution is 6.26. The molecule has 0 radical (unpaired) electrons. The van der Waals surface area contributed by atoms with Gasteiger partial charge in [-0.05, 0) is 6.92 Å². The molecule has 24 heavy (non-hydrogen) atoms. The van der Waals surface area contributed by atoms with Crippen molar-refractivity contribution in [1.29, 1.82) is 0 Å². The highest BCUT2D eigenvalue weighted by atomic mass is 16.5. The Morgan fingerprint density at radius 2 is 1.79 bits per heavy atom. The van der Waals surface area contributed by atoms with Crippen LogP contribution in [0.3, 0.4) is 0 Å². The molecule has 0 aromatic heterocycles. The van der Waals surface area contributed by atoms with E-state index >= 15 is 0 Å². The number of methoxy groups -OCH3 is 1. The van der Waals surface area contributed by atoms with Crippen LogP contribution in [0.1, 0.15) is 44.9 Å². The number of aliphatic hydroxyl groups excluding tert-OH is 2. The number of allylic oxidation sites excluding steroid dienone is 2. The van der Waals surface area contributed by atoms with Crippen molar-refractivity contribution in [3.8, 4) is 11.5 Å². The highest BCUT2D eigenvalue weighted by Crippen LogP contribution is 2.49. The second-order valence-corrected chi connectivity index (χ2v) is 6.17. The lowest BCUT2D eigenvalue weighted by Crippen LogP contribution is -2.48. The average molecular weight is 336 g/mol. The van der Waals surface area contributed by atoms with Crippen molar-refractivity contribution < 1.29 is 39.9 Å². The lowest BCUT2D eigenvalue weighted by Gasteiger charge is -2.39. The number of hydrogen-bond donors (Lipinski definition) is 5. The van der Waals surface area contributed by atoms with Crippen LogP contribution in [0.2, 0.25) is 0 Å². The second-order valence-electron chi connectivity index (χ2n) is 6.17. The van der Waals surface area contributed by atoms with Gasteiger partial charge in [0.1, 0.15) is 23.7 Å². The third-order valence-electron chi connectivity index (χ3n) is 4.54. The first kappa shape index (κ1) is 16.4. The lowest BCUT2D eigenvalue weighted by molar-refractivity contribution is -0.126. The predicted molar refractivity (Wildman–Crippen MR) is 78.8 cm³/mol. The Morgan fingerprint density at radius 3 is 2.38 bits per heavy atom. The number of phenols is 2. The maximum absolute atomic E-state index is 12.4. The van der Waals surface area contributed by atoms with Crippen LogP contribution in [0, 0.1) is 0 Å². The smallest absolute Gasteiger partial charge is 0.232 e. The standard InChI is InChI=1S/C16H16O8/c1-16(23)4-5-8(14(21)15(16)22)13(20)9-6(17)3-7(24-2)12(19)10(9)11(5)18/h3,14-15,18,20-23H,4H2,1-2H3/t14-,15+,16-/m0/s1. The van der Waals surface area contributed by atoms with Crippen LogP contribution < -0.4 is 0 Å². The van der Waals surface area contributed by atoms with Crippen LogP contribution in [0.15, 0.2) is 11.8 Å². The van der Waals surface area contributed by atoms with E-state index < -0.39 is 52.0 Å². The number of rotatable bonds is 1. The van der Waals surface area contributed by atoms with Gasteiger partial charge in [-0.25, -0.2) is 0 Å². The summed E-state index contributed by atoms with van der Waals surface area (Å²) in [6.07, 6.45) is -2.85. The highest BCUT2D eigenvalue weighted by Gasteiger charge is 2.47. The summed E-state index contributed by atoms with van der Waals surface area (Å²) < 4.78 is 4.81. The fraction of sp³-hybridized carbons (Fsp3) is 0.375. The van der Waals surface area contributed by atoms with Gasteiger partial charge in [-0.3, -0.25) is 9.59 Å². The van der Waals surface area contributed by atoms with E-state index in [2.05, 4.69) is 0 Å². The molecule has 0 unspecified atom stereocenters. The van der Waals surface area contributed by atoms with E-state index in [-0.39, 0.29) is 23.3 Å². The normalized spacial score (nSPS) is 29.0. The summed E-state index contributed by atoms with van der Waals surface area (Å²) in [4.78, 5) is 24.6. The maximum Gasteiger partial charge on any atom is 0.232 e. The van der Waals surface area contributed by atoms with E-state index in [0.717, 1.165) is 6.08 Å². The van der Waals surface area contributed by atoms with Gasteiger partial charge in [0, 0.05) is 23.6 Å². The summed E-state index contributed by atoms with van der Waals surface area (Å²) in [5, 5.41) is 51.3. The third-order valence-corrected chi connectivity index (χ3v) is 4.54. The van der Waals surface area contributed by atoms with Gasteiger partial charge in [-0.2, -0.15) is 0 Å². The maximum atomic E-state index is 12.4. The minimum Gasteiger partial charge on any atom is -0.507 e. The fourth-order valence-corrected chi connectivity index (χ4v) is 3.24. The summed E-state index contributed by atoms with van der Waals surface area (Å²) in [5.41, 5.74) is -3.10. The molecular weight excluding hydrogens is 320 g/mol. The molecule has 3 atom stereocenters. The third kappa shape index (κ3) is 1.97. The molecule has 0 amide bonds. The molecule has 0 fully saturated rings. The van der Waals surface area contributed by atoms with Crippen LogP contribution >= 0.6 is 0 Å². The summed E-state index contributed by atoms with van der Waals surface area (Å²) in [5.74, 6) is -3.22. The molecule has 5 N–H and O–H groups in total. The lowest BCUT2D eigenvalue weighted by atomic mass is 9.74. The minimum absolute atomic E-state index is 0.104. The molecule has 0 spiro atoms. The number of fused-ring (bicyclic) bond motifs is 2. The van der Waals surface area contributed by atoms with Gasteiger partial charge in [0.05, 0.1) is 23.8 Å². The molecular formula is C16H16O8. The van der Waals surface area contributed by atoms with E-state index in [0.29, 0.717) is 0 Å². The Hall–Kier alpha value is -2.42. The first-order valence-electron chi connectivity index (χ1n) is 7.15. The van der Waals surface area contributed by atoms with Crippen LogP contribution in [0.4, 0.5) is 0 Å². The van der Waals surface area contributed by atoms with Gasteiger partial charge < -0.3 is 30.3 Å². The quantitative estimate of drug-likeness (QED) is 0.440. The molecule has 0 saturated carbocycles. The van der Waals surface area contributed by atoms with E-state index in [1.165, 1.54) is 14.0 Å². The molecule has 0 heterocycles. The van der Waals surface area contributed by atoms with Crippen molar-refractivity contribution in [3.63, 3.8) is 0 Å². The summed E-state index contributed by atoms with van der Waals surface area (Å²) in [6, 6.07) is 0. The molecule has 8 nitrogen and oxygen atoms in total. The van der Waals surface area contributed by atoms with Crippen molar-refractivity contribution in [2.24, 2.45) is 0 Å². The largest absolute Gasteiger partial charge is 0.507 e. The number of ketones is 2. The number of benzene rings is 1. The van der Waals surface area contributed by atoms with Gasteiger partial charge >= 0.3 is 0 Å². The number of Topliss-reactive ketones (excluding diaryl/α,β-unsaturated/α-hetero) is 1. The molecule has 0 saturated heterocycles. The topological polar surface area (TPSA) is 145 Å². The Morgan fingerprint density at radius 1 is 1.17 bits per heavy atom. The van der Waals surface area contributed by atoms with Crippen molar-refractivity contribution in [1.82, 2.24) is 0 Å². The fourth-order valence-electron chi connectivity index (χ4n) is 3.24. The zero-order valence-corrected chi connectivity index (χ0v) is 12.9. The van der Waals surface area contributed by atoms with Crippen LogP contribution in [-0.2, 0) is 11.2 Å². The van der Waals surface area contributed by atoms with Gasteiger partial charge in [0.15, 0.2) is 11.5 Å². The summed E-state index contributed by atoms with van der Waals surface area (Å²) in [6.45, 7) is 1.24. The molecule has 8 heteroatoms. The first-order chi connectivity index (χ1) is 11.1. The number of carbonyl (C=O) groups excluding carboxylic acids is 2. The van der Waals surface area contributed by atoms with Gasteiger partial charge in [0.25, 0.3) is 0 Å². The number of phenolic OH excluding ortho intramolecular Hbond substituents is 2. The monoisotopic (exact) mass is 336 g/mol. The van der Waals surface area contributed by atoms with Crippen LogP contribution in [0.25, 0.3) is 0 Å². The van der Waals surface area contributed by atoms with Gasteiger partial charge in [-0.15, -0.1) is 0 Å². The van der Waals surface area contributed by atoms with E-state index in [1.54, 1.807) is 0 Å². The zero-order valence-electron chi connectivity index (χ0n) is 12.9. The van der Waals surface area contributed by atoms with Crippen molar-refractivity contribution in [2.75, 3.05) is 7.11 Å². The SMILES string of the molecule is COC1=CC(=O)c2c(O)c3c(c(O)c2C1=O)C[C@](C)(O)[C@H](O)[C@H]3O. The van der Waals surface area contributed by atoms with E-state index in [1.807, 2.05) is 0 Å². The molecule has 3 rings (SSSR count). The molecule has 128 valence electrons. The number of carbonyl (C=O) groups is 2.